The van der Waals surface area contributed by atoms with Gasteiger partial charge in [-0.1, -0.05) is 66.2 Å². The quantitative estimate of drug-likeness (QED) is 0.149. The van der Waals surface area contributed by atoms with Crippen LogP contribution in [0.4, 0.5) is 14.5 Å². The number of amides is 1. The van der Waals surface area contributed by atoms with Gasteiger partial charge in [0.15, 0.2) is 0 Å². The zero-order valence-corrected chi connectivity index (χ0v) is 27.1. The van der Waals surface area contributed by atoms with E-state index in [-0.39, 0.29) is 30.0 Å². The van der Waals surface area contributed by atoms with Crippen LogP contribution in [0.5, 0.6) is 5.75 Å². The molecule has 1 atom stereocenters. The summed E-state index contributed by atoms with van der Waals surface area (Å²) in [6.07, 6.45) is 3.33. The number of rotatable bonds is 10. The van der Waals surface area contributed by atoms with Gasteiger partial charge in [0.2, 0.25) is 0 Å². The Kier molecular flexibility index (Phi) is 9.75. The molecule has 1 heterocycles. The third kappa shape index (κ3) is 7.11. The first-order chi connectivity index (χ1) is 22.7. The average molecular weight is 675 g/mol. The van der Waals surface area contributed by atoms with Gasteiger partial charge in [0.05, 0.1) is 23.7 Å². The van der Waals surface area contributed by atoms with Crippen LogP contribution in [-0.4, -0.2) is 38.4 Å². The van der Waals surface area contributed by atoms with Gasteiger partial charge in [-0.15, -0.1) is 0 Å². The molecule has 10 heteroatoms. The number of halogens is 3. The number of piperidine rings is 1. The summed E-state index contributed by atoms with van der Waals surface area (Å²) in [6, 6.07) is 28.6. The van der Waals surface area contributed by atoms with Crippen molar-refractivity contribution in [2.24, 2.45) is 0 Å². The molecule has 47 heavy (non-hydrogen) atoms. The summed E-state index contributed by atoms with van der Waals surface area (Å²) in [5.74, 6) is -1.27. The Morgan fingerprint density at radius 2 is 1.64 bits per heavy atom. The lowest BCUT2D eigenvalue weighted by Gasteiger charge is -2.36. The molecule has 5 aromatic rings. The molecular weight excluding hydrogens is 642 g/mol. The highest BCUT2D eigenvalue weighted by Gasteiger charge is 2.30. The molecule has 1 unspecified atom stereocenters. The fourth-order valence-electron chi connectivity index (χ4n) is 6.08. The van der Waals surface area contributed by atoms with E-state index in [1.165, 1.54) is 24.3 Å². The van der Waals surface area contributed by atoms with Gasteiger partial charge < -0.3 is 9.64 Å². The van der Waals surface area contributed by atoms with Crippen LogP contribution in [0.2, 0.25) is 5.02 Å². The first-order valence-corrected chi connectivity index (χ1v) is 17.3. The van der Waals surface area contributed by atoms with Crippen molar-refractivity contribution in [1.29, 1.82) is 0 Å². The number of sulfonamides is 1. The van der Waals surface area contributed by atoms with E-state index in [9.17, 15) is 17.6 Å². The van der Waals surface area contributed by atoms with Gasteiger partial charge >= 0.3 is 0 Å². The predicted octanol–water partition coefficient (Wildman–Crippen LogP) is 8.63. The fraction of sp³-hybridized carbons (Fsp3) is 0.216. The second-order valence-electron chi connectivity index (χ2n) is 11.5. The number of anilines is 1. The van der Waals surface area contributed by atoms with Gasteiger partial charge in [-0.2, -0.15) is 0 Å². The van der Waals surface area contributed by atoms with Gasteiger partial charge in [-0.3, -0.25) is 9.10 Å². The van der Waals surface area contributed by atoms with E-state index in [2.05, 4.69) is 0 Å². The Bertz CT molecular complexity index is 2000. The number of carbonyl (C=O) groups is 1. The number of ether oxygens (including phenoxy) is 1. The van der Waals surface area contributed by atoms with Gasteiger partial charge in [0, 0.05) is 41.2 Å². The van der Waals surface area contributed by atoms with E-state index in [0.717, 1.165) is 52.5 Å². The number of likely N-dealkylation sites (tertiary alicyclic amines) is 1. The Labute approximate surface area is 278 Å². The highest BCUT2D eigenvalue weighted by atomic mass is 35.5. The van der Waals surface area contributed by atoms with Crippen molar-refractivity contribution in [2.75, 3.05) is 17.5 Å². The van der Waals surface area contributed by atoms with Crippen molar-refractivity contribution in [2.45, 2.75) is 43.2 Å². The molecule has 1 saturated heterocycles. The largest absolute Gasteiger partial charge is 0.493 e. The Hall–Kier alpha value is -4.47. The molecule has 0 bridgehead atoms. The summed E-state index contributed by atoms with van der Waals surface area (Å²) >= 11 is 5.98. The first kappa shape index (κ1) is 32.5. The lowest BCUT2D eigenvalue weighted by atomic mass is 9.97. The molecule has 5 aromatic carbocycles. The van der Waals surface area contributed by atoms with Crippen molar-refractivity contribution in [3.8, 4) is 5.75 Å². The zero-order valence-electron chi connectivity index (χ0n) is 25.5. The normalized spacial score (nSPS) is 15.0. The van der Waals surface area contributed by atoms with Crippen LogP contribution in [0.1, 0.15) is 41.6 Å². The molecule has 0 aromatic heterocycles. The average Bonchev–Trinajstić information content (AvgIpc) is 3.09. The number of nitrogens with zero attached hydrogens (tertiary/aromatic N) is 2. The third-order valence-electron chi connectivity index (χ3n) is 8.48. The molecule has 1 aliphatic rings. The predicted molar refractivity (Wildman–Crippen MR) is 180 cm³/mol. The van der Waals surface area contributed by atoms with Crippen LogP contribution in [-0.2, 0) is 16.6 Å². The molecule has 0 aliphatic carbocycles. The molecular formula is C37H33ClF2N2O4S. The van der Waals surface area contributed by atoms with Gasteiger partial charge in [-0.05, 0) is 78.6 Å². The van der Waals surface area contributed by atoms with E-state index in [1.54, 1.807) is 24.3 Å². The van der Waals surface area contributed by atoms with E-state index in [1.807, 2.05) is 47.4 Å². The molecule has 242 valence electrons. The molecule has 0 spiro atoms. The third-order valence-corrected chi connectivity index (χ3v) is 10.5. The summed E-state index contributed by atoms with van der Waals surface area (Å²) in [5, 5.41) is 2.26. The monoisotopic (exact) mass is 674 g/mol. The van der Waals surface area contributed by atoms with Crippen molar-refractivity contribution in [3.63, 3.8) is 0 Å². The zero-order chi connectivity index (χ0) is 33.0. The number of hydrogen-bond acceptors (Lipinski definition) is 4. The first-order valence-electron chi connectivity index (χ1n) is 15.4. The van der Waals surface area contributed by atoms with E-state index >= 15 is 4.39 Å². The molecule has 1 fully saturated rings. The Morgan fingerprint density at radius 1 is 0.894 bits per heavy atom. The van der Waals surface area contributed by atoms with Crippen molar-refractivity contribution < 1.29 is 26.7 Å². The van der Waals surface area contributed by atoms with Crippen LogP contribution in [0.3, 0.4) is 0 Å². The highest BCUT2D eigenvalue weighted by molar-refractivity contribution is 7.92. The number of fused-ring (bicyclic) bond motifs is 1. The Morgan fingerprint density at radius 3 is 2.47 bits per heavy atom. The van der Waals surface area contributed by atoms with E-state index in [4.69, 9.17) is 16.3 Å². The smallest absolute Gasteiger partial charge is 0.264 e. The fourth-order valence-corrected chi connectivity index (χ4v) is 7.65. The minimum absolute atomic E-state index is 0.00734. The van der Waals surface area contributed by atoms with Crippen molar-refractivity contribution >= 4 is 44.0 Å². The molecule has 6 nitrogen and oxygen atoms in total. The Balaban J connectivity index is 1.22. The SMILES string of the molecule is O=C(c1cccc2ccccc12)N1CCCCC1CCOc1ccccc1CN(c1cc(F)ccc1F)S(=O)(=O)c1ccc(Cl)cc1. The highest BCUT2D eigenvalue weighted by Crippen LogP contribution is 2.32. The lowest BCUT2D eigenvalue weighted by Crippen LogP contribution is -2.44. The van der Waals surface area contributed by atoms with Crippen LogP contribution < -0.4 is 9.04 Å². The van der Waals surface area contributed by atoms with Crippen LogP contribution >= 0.6 is 11.6 Å². The second kappa shape index (κ2) is 14.1. The summed E-state index contributed by atoms with van der Waals surface area (Å²) in [5.41, 5.74) is 0.702. The van der Waals surface area contributed by atoms with E-state index < -0.39 is 27.3 Å². The molecule has 1 aliphatic heterocycles. The number of hydrogen-bond donors (Lipinski definition) is 0. The minimum atomic E-state index is -4.35. The summed E-state index contributed by atoms with van der Waals surface area (Å²) in [7, 11) is -4.35. The number of benzene rings is 5. The summed E-state index contributed by atoms with van der Waals surface area (Å²) < 4.78 is 64.2. The molecule has 0 radical (unpaired) electrons. The number of carbonyl (C=O) groups excluding carboxylic acids is 1. The molecule has 0 saturated carbocycles. The maximum absolute atomic E-state index is 15.1. The van der Waals surface area contributed by atoms with Crippen LogP contribution in [0.25, 0.3) is 10.8 Å². The topological polar surface area (TPSA) is 66.9 Å². The summed E-state index contributed by atoms with van der Waals surface area (Å²) in [6.45, 7) is 0.593. The van der Waals surface area contributed by atoms with Gasteiger partial charge in [-0.25, -0.2) is 17.2 Å². The van der Waals surface area contributed by atoms with Gasteiger partial charge in [0.25, 0.3) is 15.9 Å². The van der Waals surface area contributed by atoms with E-state index in [0.29, 0.717) is 34.9 Å². The standard InChI is InChI=1S/C37H33ClF2N2O4S/c38-28-15-18-31(19-16-28)47(44,45)42(35-24-29(39)17-20-34(35)40)25-27-9-2-4-14-36(27)46-23-21-30-11-5-6-22-41(30)37(43)33-13-7-10-26-8-1-3-12-32(26)33/h1-4,7-10,12-20,24,30H,5-6,11,21-23,25H2. The second-order valence-corrected chi connectivity index (χ2v) is 13.8. The van der Waals surface area contributed by atoms with Crippen LogP contribution in [0.15, 0.2) is 114 Å². The van der Waals surface area contributed by atoms with Crippen molar-refractivity contribution in [1.82, 2.24) is 4.90 Å². The lowest BCUT2D eigenvalue weighted by molar-refractivity contribution is 0.0582. The maximum Gasteiger partial charge on any atom is 0.264 e. The minimum Gasteiger partial charge on any atom is -0.493 e. The van der Waals surface area contributed by atoms with Crippen LogP contribution in [0, 0.1) is 11.6 Å². The maximum atomic E-state index is 15.1. The summed E-state index contributed by atoms with van der Waals surface area (Å²) in [4.78, 5) is 15.6. The molecule has 1 amide bonds. The van der Waals surface area contributed by atoms with Gasteiger partial charge in [0.1, 0.15) is 17.4 Å². The molecule has 0 N–H and O–H groups in total. The number of para-hydroxylation sites is 1. The molecule has 6 rings (SSSR count). The van der Waals surface area contributed by atoms with Crippen molar-refractivity contribution in [3.05, 3.63) is 137 Å².